The molecular formula is C24H19FN2O6. The predicted octanol–water partition coefficient (Wildman–Crippen LogP) is 4.21. The lowest BCUT2D eigenvalue weighted by Gasteiger charge is -2.18. The van der Waals surface area contributed by atoms with Gasteiger partial charge in [0.2, 0.25) is 5.78 Å². The van der Waals surface area contributed by atoms with Crippen molar-refractivity contribution in [3.05, 3.63) is 106 Å². The Labute approximate surface area is 188 Å². The lowest BCUT2D eigenvalue weighted by atomic mass is 10.0. The third-order valence-corrected chi connectivity index (χ3v) is 4.68. The number of carbonyl (C=O) groups is 3. The largest absolute Gasteiger partial charge is 0.456 e. The Bertz CT molecular complexity index is 1170. The van der Waals surface area contributed by atoms with Crippen molar-refractivity contribution >= 4 is 28.9 Å². The highest BCUT2D eigenvalue weighted by atomic mass is 19.1. The molecule has 8 nitrogen and oxygen atoms in total. The van der Waals surface area contributed by atoms with Crippen LogP contribution in [0.4, 0.5) is 15.8 Å². The Morgan fingerprint density at radius 3 is 2.24 bits per heavy atom. The van der Waals surface area contributed by atoms with Crippen LogP contribution in [0.5, 0.6) is 0 Å². The van der Waals surface area contributed by atoms with E-state index in [4.69, 9.17) is 4.74 Å². The van der Waals surface area contributed by atoms with Crippen LogP contribution < -0.4 is 5.32 Å². The van der Waals surface area contributed by atoms with Crippen LogP contribution in [-0.2, 0) is 9.53 Å². The van der Waals surface area contributed by atoms with E-state index in [-0.39, 0.29) is 23.5 Å². The van der Waals surface area contributed by atoms with Gasteiger partial charge in [-0.05, 0) is 24.3 Å². The summed E-state index contributed by atoms with van der Waals surface area (Å²) in [5.41, 5.74) is 0.519. The van der Waals surface area contributed by atoms with Gasteiger partial charge >= 0.3 is 5.97 Å². The summed E-state index contributed by atoms with van der Waals surface area (Å²) < 4.78 is 18.3. The van der Waals surface area contributed by atoms with Crippen LogP contribution in [0.25, 0.3) is 0 Å². The van der Waals surface area contributed by atoms with E-state index in [1.165, 1.54) is 42.5 Å². The van der Waals surface area contributed by atoms with Gasteiger partial charge in [0.25, 0.3) is 5.69 Å². The summed E-state index contributed by atoms with van der Waals surface area (Å²) in [7, 11) is 0. The Hall–Kier alpha value is -4.40. The summed E-state index contributed by atoms with van der Waals surface area (Å²) >= 11 is 0. The van der Waals surface area contributed by atoms with Crippen LogP contribution in [-0.4, -0.2) is 35.1 Å². The van der Waals surface area contributed by atoms with Crippen molar-refractivity contribution in [3.8, 4) is 0 Å². The van der Waals surface area contributed by atoms with Gasteiger partial charge in [-0.3, -0.25) is 19.7 Å². The number of ketones is 2. The molecule has 0 spiro atoms. The summed E-state index contributed by atoms with van der Waals surface area (Å²) in [5, 5.41) is 13.7. The van der Waals surface area contributed by atoms with E-state index >= 15 is 0 Å². The summed E-state index contributed by atoms with van der Waals surface area (Å²) in [6.07, 6.45) is -0.273. The number of nitro benzene ring substituents is 1. The molecule has 0 fully saturated rings. The topological polar surface area (TPSA) is 116 Å². The highest BCUT2D eigenvalue weighted by molar-refractivity contribution is 6.01. The maximum atomic E-state index is 13.2. The minimum atomic E-state index is -1.15. The van der Waals surface area contributed by atoms with Gasteiger partial charge in [0.15, 0.2) is 12.4 Å². The molecule has 3 aromatic rings. The first kappa shape index (κ1) is 23.3. The minimum Gasteiger partial charge on any atom is -0.456 e. The number of hydrogen-bond donors (Lipinski definition) is 1. The minimum absolute atomic E-state index is 0.0143. The van der Waals surface area contributed by atoms with Crippen molar-refractivity contribution in [2.45, 2.75) is 12.5 Å². The van der Waals surface area contributed by atoms with Crippen molar-refractivity contribution < 1.29 is 28.4 Å². The molecule has 0 heterocycles. The van der Waals surface area contributed by atoms with Crippen LogP contribution >= 0.6 is 0 Å². The molecule has 0 aliphatic carbocycles. The number of nitro groups is 1. The number of halogens is 1. The Balaban J connectivity index is 1.71. The van der Waals surface area contributed by atoms with Gasteiger partial charge in [-0.25, -0.2) is 9.18 Å². The number of non-ortho nitro benzene ring substituents is 1. The molecule has 1 unspecified atom stereocenters. The fraction of sp³-hybridized carbons (Fsp3) is 0.125. The molecule has 33 heavy (non-hydrogen) atoms. The summed E-state index contributed by atoms with van der Waals surface area (Å²) in [6, 6.07) is 17.4. The zero-order valence-electron chi connectivity index (χ0n) is 17.3. The van der Waals surface area contributed by atoms with Gasteiger partial charge in [-0.1, -0.05) is 42.5 Å². The second-order valence-electron chi connectivity index (χ2n) is 7.04. The first-order valence-electron chi connectivity index (χ1n) is 9.88. The average Bonchev–Trinajstić information content (AvgIpc) is 2.83. The van der Waals surface area contributed by atoms with Gasteiger partial charge in [0, 0.05) is 35.4 Å². The third kappa shape index (κ3) is 6.54. The number of nitrogens with one attached hydrogen (secondary N) is 1. The number of anilines is 1. The number of Topliss-reactive ketones (excluding diaryl/α,β-unsaturated/α-hetero) is 2. The van der Waals surface area contributed by atoms with Crippen molar-refractivity contribution in [1.82, 2.24) is 0 Å². The Morgan fingerprint density at radius 2 is 1.58 bits per heavy atom. The number of carbonyl (C=O) groups excluding carboxylic acids is 3. The van der Waals surface area contributed by atoms with Crippen LogP contribution in [0, 0.1) is 15.9 Å². The molecule has 1 N–H and O–H groups in total. The fourth-order valence-corrected chi connectivity index (χ4v) is 2.98. The molecule has 0 aromatic heterocycles. The number of benzene rings is 3. The quantitative estimate of drug-likeness (QED) is 0.213. The van der Waals surface area contributed by atoms with Crippen molar-refractivity contribution in [2.24, 2.45) is 0 Å². The molecular weight excluding hydrogens is 431 g/mol. The fourth-order valence-electron chi connectivity index (χ4n) is 2.98. The molecule has 0 aliphatic rings. The molecule has 168 valence electrons. The molecule has 0 bridgehead atoms. The number of nitrogens with zero attached hydrogens (tertiary/aromatic N) is 1. The first-order chi connectivity index (χ1) is 15.8. The van der Waals surface area contributed by atoms with Crippen LogP contribution in [0.2, 0.25) is 0 Å². The highest BCUT2D eigenvalue weighted by Crippen LogP contribution is 2.16. The maximum Gasteiger partial charge on any atom is 0.329 e. The standard InChI is InChI=1S/C24H19FN2O6/c25-18-9-11-19(12-10-18)26-21(14-22(28)16-5-2-1-3-6-16)24(30)33-15-23(29)17-7-4-8-20(13-17)27(31)32/h1-13,21,26H,14-15H2. The summed E-state index contributed by atoms with van der Waals surface area (Å²) in [4.78, 5) is 48.0. The van der Waals surface area contributed by atoms with Crippen molar-refractivity contribution in [1.29, 1.82) is 0 Å². The van der Waals surface area contributed by atoms with E-state index in [0.717, 1.165) is 6.07 Å². The Kier molecular flexibility index (Phi) is 7.59. The summed E-state index contributed by atoms with van der Waals surface area (Å²) in [6.45, 7) is -0.666. The molecule has 9 heteroatoms. The van der Waals surface area contributed by atoms with Gasteiger partial charge in [0.05, 0.1) is 4.92 Å². The monoisotopic (exact) mass is 450 g/mol. The molecule has 0 saturated heterocycles. The molecule has 3 rings (SSSR count). The lowest BCUT2D eigenvalue weighted by molar-refractivity contribution is -0.384. The molecule has 0 saturated carbocycles. The number of esters is 1. The molecule has 1 atom stereocenters. The van der Waals surface area contributed by atoms with Crippen LogP contribution in [0.3, 0.4) is 0 Å². The van der Waals surface area contributed by atoms with Gasteiger partial charge in [0.1, 0.15) is 11.9 Å². The van der Waals surface area contributed by atoms with E-state index in [1.807, 2.05) is 0 Å². The molecule has 0 aliphatic heterocycles. The SMILES string of the molecule is O=C(COC(=O)C(CC(=O)c1ccccc1)Nc1ccc(F)cc1)c1cccc([N+](=O)[O-])c1. The number of hydrogen-bond acceptors (Lipinski definition) is 7. The van der Waals surface area contributed by atoms with Crippen LogP contribution in [0.15, 0.2) is 78.9 Å². The third-order valence-electron chi connectivity index (χ3n) is 4.68. The molecule has 0 amide bonds. The zero-order valence-corrected chi connectivity index (χ0v) is 17.3. The van der Waals surface area contributed by atoms with Gasteiger partial charge in [-0.15, -0.1) is 0 Å². The van der Waals surface area contributed by atoms with Crippen molar-refractivity contribution in [2.75, 3.05) is 11.9 Å². The first-order valence-corrected chi connectivity index (χ1v) is 9.88. The lowest BCUT2D eigenvalue weighted by Crippen LogP contribution is -2.34. The number of rotatable bonds is 10. The molecule has 3 aromatic carbocycles. The highest BCUT2D eigenvalue weighted by Gasteiger charge is 2.25. The second kappa shape index (κ2) is 10.8. The van der Waals surface area contributed by atoms with Crippen molar-refractivity contribution in [3.63, 3.8) is 0 Å². The predicted molar refractivity (Wildman–Crippen MR) is 118 cm³/mol. The second-order valence-corrected chi connectivity index (χ2v) is 7.04. The van der Waals surface area contributed by atoms with Crippen LogP contribution in [0.1, 0.15) is 27.1 Å². The van der Waals surface area contributed by atoms with E-state index in [9.17, 15) is 28.9 Å². The maximum absolute atomic E-state index is 13.2. The van der Waals surface area contributed by atoms with E-state index in [1.54, 1.807) is 30.3 Å². The average molecular weight is 450 g/mol. The van der Waals surface area contributed by atoms with E-state index in [0.29, 0.717) is 11.3 Å². The molecule has 0 radical (unpaired) electrons. The summed E-state index contributed by atoms with van der Waals surface area (Å²) in [5.74, 6) is -2.32. The Morgan fingerprint density at radius 1 is 0.909 bits per heavy atom. The van der Waals surface area contributed by atoms with Gasteiger partial charge < -0.3 is 10.1 Å². The smallest absolute Gasteiger partial charge is 0.329 e. The van der Waals surface area contributed by atoms with E-state index < -0.39 is 35.1 Å². The number of ether oxygens (including phenoxy) is 1. The van der Waals surface area contributed by atoms with E-state index in [2.05, 4.69) is 5.32 Å². The normalized spacial score (nSPS) is 11.3. The zero-order chi connectivity index (χ0) is 23.8. The van der Waals surface area contributed by atoms with Gasteiger partial charge in [-0.2, -0.15) is 0 Å².